The molecule has 0 atom stereocenters. The zero-order valence-electron chi connectivity index (χ0n) is 10.2. The second-order valence-electron chi connectivity index (χ2n) is 4.27. The Morgan fingerprint density at radius 2 is 1.95 bits per heavy atom. The average molecular weight is 281 g/mol. The minimum absolute atomic E-state index is 0.00718. The molecule has 98 valence electrons. The lowest BCUT2D eigenvalue weighted by Gasteiger charge is -2.07. The summed E-state index contributed by atoms with van der Waals surface area (Å²) in [6.45, 7) is 1.70. The Morgan fingerprint density at radius 3 is 2.58 bits per heavy atom. The molecule has 0 unspecified atom stereocenters. The smallest absolute Gasteiger partial charge is 0.171 e. The summed E-state index contributed by atoms with van der Waals surface area (Å²) in [5, 5.41) is 0.0877. The summed E-state index contributed by atoms with van der Waals surface area (Å²) < 4.78 is 26.6. The molecule has 0 fully saturated rings. The molecule has 0 saturated carbocycles. The van der Waals surface area contributed by atoms with Gasteiger partial charge in [0, 0.05) is 6.42 Å². The predicted molar refractivity (Wildman–Crippen MR) is 70.6 cm³/mol. The van der Waals surface area contributed by atoms with Crippen molar-refractivity contribution in [3.8, 4) is 0 Å². The van der Waals surface area contributed by atoms with Gasteiger partial charge in [0.25, 0.3) is 0 Å². The third kappa shape index (κ3) is 2.99. The number of Topliss-reactive ketones (excluding diaryl/α,β-unsaturated/α-hetero) is 1. The first-order chi connectivity index (χ1) is 8.99. The van der Waals surface area contributed by atoms with Gasteiger partial charge in [0.1, 0.15) is 11.6 Å². The van der Waals surface area contributed by atoms with Gasteiger partial charge < -0.3 is 0 Å². The van der Waals surface area contributed by atoms with E-state index in [2.05, 4.69) is 0 Å². The molecule has 0 saturated heterocycles. The number of hydrogen-bond acceptors (Lipinski definition) is 1. The van der Waals surface area contributed by atoms with E-state index in [1.807, 2.05) is 0 Å². The normalized spacial score (nSPS) is 10.5. The lowest BCUT2D eigenvalue weighted by Crippen LogP contribution is -2.08. The number of carbonyl (C=O) groups excluding carboxylic acids is 1. The molecule has 0 radical (unpaired) electrons. The van der Waals surface area contributed by atoms with Crippen LogP contribution in [0.3, 0.4) is 0 Å². The summed E-state index contributed by atoms with van der Waals surface area (Å²) in [5.41, 5.74) is 1.19. The summed E-state index contributed by atoms with van der Waals surface area (Å²) in [6, 6.07) is 8.24. The number of aryl methyl sites for hydroxylation is 1. The molecule has 0 aliphatic carbocycles. The van der Waals surface area contributed by atoms with Gasteiger partial charge in [-0.15, -0.1) is 0 Å². The Balaban J connectivity index is 2.31. The highest BCUT2D eigenvalue weighted by molar-refractivity contribution is 6.34. The van der Waals surface area contributed by atoms with Crippen molar-refractivity contribution in [3.05, 3.63) is 69.7 Å². The highest BCUT2D eigenvalue weighted by atomic mass is 35.5. The van der Waals surface area contributed by atoms with E-state index in [0.717, 1.165) is 0 Å². The molecule has 2 aromatic carbocycles. The zero-order chi connectivity index (χ0) is 14.0. The van der Waals surface area contributed by atoms with Crippen LogP contribution in [0.2, 0.25) is 5.02 Å². The predicted octanol–water partition coefficient (Wildman–Crippen LogP) is 4.35. The number of benzene rings is 2. The topological polar surface area (TPSA) is 17.1 Å². The first kappa shape index (κ1) is 13.7. The number of hydrogen-bond donors (Lipinski definition) is 0. The molecule has 0 N–H and O–H groups in total. The summed E-state index contributed by atoms with van der Waals surface area (Å²) in [6.07, 6.45) is -0.00718. The van der Waals surface area contributed by atoms with Gasteiger partial charge >= 0.3 is 0 Å². The SMILES string of the molecule is Cc1cc(F)ccc1CC(=O)c1c(F)cccc1Cl. The van der Waals surface area contributed by atoms with Gasteiger partial charge in [-0.05, 0) is 42.3 Å². The van der Waals surface area contributed by atoms with Gasteiger partial charge in [0.2, 0.25) is 0 Å². The van der Waals surface area contributed by atoms with Gasteiger partial charge in [0.05, 0.1) is 10.6 Å². The molecule has 1 nitrogen and oxygen atoms in total. The van der Waals surface area contributed by atoms with Crippen LogP contribution in [-0.2, 0) is 6.42 Å². The van der Waals surface area contributed by atoms with E-state index in [9.17, 15) is 13.6 Å². The van der Waals surface area contributed by atoms with Crippen LogP contribution in [-0.4, -0.2) is 5.78 Å². The van der Waals surface area contributed by atoms with Crippen molar-refractivity contribution in [2.75, 3.05) is 0 Å². The molecule has 19 heavy (non-hydrogen) atoms. The zero-order valence-corrected chi connectivity index (χ0v) is 11.0. The molecule has 0 heterocycles. The number of rotatable bonds is 3. The second-order valence-corrected chi connectivity index (χ2v) is 4.67. The molecular weight excluding hydrogens is 270 g/mol. The van der Waals surface area contributed by atoms with Crippen molar-refractivity contribution in [1.82, 2.24) is 0 Å². The Bertz CT molecular complexity index is 618. The fraction of sp³-hybridized carbons (Fsp3) is 0.133. The fourth-order valence-electron chi connectivity index (χ4n) is 1.88. The van der Waals surface area contributed by atoms with Gasteiger partial charge in [-0.2, -0.15) is 0 Å². The molecule has 4 heteroatoms. The maximum atomic E-state index is 13.6. The van der Waals surface area contributed by atoms with Crippen molar-refractivity contribution < 1.29 is 13.6 Å². The molecule has 0 bridgehead atoms. The van der Waals surface area contributed by atoms with Gasteiger partial charge in [0.15, 0.2) is 5.78 Å². The first-order valence-electron chi connectivity index (χ1n) is 5.71. The standard InChI is InChI=1S/C15H11ClF2O/c1-9-7-11(17)6-5-10(9)8-14(19)15-12(16)3-2-4-13(15)18/h2-7H,8H2,1H3. The van der Waals surface area contributed by atoms with Crippen LogP contribution in [0.15, 0.2) is 36.4 Å². The van der Waals surface area contributed by atoms with Crippen LogP contribution in [0, 0.1) is 18.6 Å². The van der Waals surface area contributed by atoms with Crippen LogP contribution in [0.1, 0.15) is 21.5 Å². The summed E-state index contributed by atoms with van der Waals surface area (Å²) in [4.78, 5) is 12.1. The first-order valence-corrected chi connectivity index (χ1v) is 6.09. The van der Waals surface area contributed by atoms with Crippen LogP contribution in [0.25, 0.3) is 0 Å². The highest BCUT2D eigenvalue weighted by Gasteiger charge is 2.16. The minimum atomic E-state index is -0.641. The van der Waals surface area contributed by atoms with E-state index < -0.39 is 11.6 Å². The van der Waals surface area contributed by atoms with Crippen molar-refractivity contribution in [3.63, 3.8) is 0 Å². The van der Waals surface area contributed by atoms with Gasteiger partial charge in [-0.3, -0.25) is 4.79 Å². The van der Waals surface area contributed by atoms with E-state index in [-0.39, 0.29) is 22.8 Å². The molecule has 0 aliphatic heterocycles. The van der Waals surface area contributed by atoms with E-state index >= 15 is 0 Å². The fourth-order valence-corrected chi connectivity index (χ4v) is 2.15. The van der Waals surface area contributed by atoms with Crippen LogP contribution in [0.4, 0.5) is 8.78 Å². The number of carbonyl (C=O) groups is 1. The minimum Gasteiger partial charge on any atom is -0.294 e. The van der Waals surface area contributed by atoms with Crippen molar-refractivity contribution >= 4 is 17.4 Å². The molecule has 0 aliphatic rings. The van der Waals surface area contributed by atoms with E-state index in [1.165, 1.54) is 36.4 Å². The Labute approximate surface area is 114 Å². The van der Waals surface area contributed by atoms with E-state index in [1.54, 1.807) is 6.92 Å². The Morgan fingerprint density at radius 1 is 1.21 bits per heavy atom. The lowest BCUT2D eigenvalue weighted by molar-refractivity contribution is 0.0989. The number of ketones is 1. The van der Waals surface area contributed by atoms with Crippen LogP contribution in [0.5, 0.6) is 0 Å². The summed E-state index contributed by atoms with van der Waals surface area (Å²) in [7, 11) is 0. The molecule has 0 spiro atoms. The molecule has 0 aromatic heterocycles. The Hall–Kier alpha value is -1.74. The summed E-state index contributed by atoms with van der Waals surface area (Å²) in [5.74, 6) is -1.42. The quantitative estimate of drug-likeness (QED) is 0.764. The summed E-state index contributed by atoms with van der Waals surface area (Å²) >= 11 is 5.83. The monoisotopic (exact) mass is 280 g/mol. The van der Waals surface area contributed by atoms with Crippen molar-refractivity contribution in [2.24, 2.45) is 0 Å². The van der Waals surface area contributed by atoms with Gasteiger partial charge in [-0.25, -0.2) is 8.78 Å². The molecular formula is C15H11ClF2O. The molecule has 2 aromatic rings. The van der Waals surface area contributed by atoms with Gasteiger partial charge in [-0.1, -0.05) is 23.7 Å². The van der Waals surface area contributed by atoms with Crippen molar-refractivity contribution in [2.45, 2.75) is 13.3 Å². The second kappa shape index (κ2) is 5.49. The largest absolute Gasteiger partial charge is 0.294 e. The highest BCUT2D eigenvalue weighted by Crippen LogP contribution is 2.22. The maximum Gasteiger partial charge on any atom is 0.171 e. The third-order valence-corrected chi connectivity index (χ3v) is 3.21. The van der Waals surface area contributed by atoms with E-state index in [4.69, 9.17) is 11.6 Å². The number of halogens is 3. The van der Waals surface area contributed by atoms with Crippen LogP contribution < -0.4 is 0 Å². The van der Waals surface area contributed by atoms with Crippen molar-refractivity contribution in [1.29, 1.82) is 0 Å². The molecule has 2 rings (SSSR count). The average Bonchev–Trinajstić information content (AvgIpc) is 2.32. The molecule has 0 amide bonds. The Kier molecular flexibility index (Phi) is 3.96. The maximum absolute atomic E-state index is 13.6. The van der Waals surface area contributed by atoms with Crippen LogP contribution >= 0.6 is 11.6 Å². The third-order valence-electron chi connectivity index (χ3n) is 2.90. The lowest BCUT2D eigenvalue weighted by atomic mass is 9.99. The van der Waals surface area contributed by atoms with E-state index in [0.29, 0.717) is 11.1 Å².